The highest BCUT2D eigenvalue weighted by Gasteiger charge is 2.34. The Morgan fingerprint density at radius 3 is 3.00 bits per heavy atom. The first-order valence-corrected chi connectivity index (χ1v) is 6.25. The number of carbonyl (C=O) groups is 1. The summed E-state index contributed by atoms with van der Waals surface area (Å²) in [4.78, 5) is 12.3. The molecule has 1 fully saturated rings. The predicted molar refractivity (Wildman–Crippen MR) is 67.2 cm³/mol. The van der Waals surface area contributed by atoms with Gasteiger partial charge in [-0.2, -0.15) is 0 Å². The van der Waals surface area contributed by atoms with Crippen LogP contribution in [0.3, 0.4) is 0 Å². The summed E-state index contributed by atoms with van der Waals surface area (Å²) in [6.45, 7) is 5.48. The third-order valence-electron chi connectivity index (χ3n) is 3.27. The summed E-state index contributed by atoms with van der Waals surface area (Å²) >= 11 is 0. The standard InChI is InChI=1S/C14H18FNO2/c1-3-16-13-8-18-7-11(13)14(17)10-6-9(2)4-5-12(10)15/h4-6,11,13,16H,3,7-8H2,1-2H3. The molecule has 1 aliphatic heterocycles. The van der Waals surface area contributed by atoms with E-state index >= 15 is 0 Å². The Bertz CT molecular complexity index is 447. The van der Waals surface area contributed by atoms with Gasteiger partial charge in [-0.15, -0.1) is 0 Å². The maximum atomic E-state index is 13.7. The highest BCUT2D eigenvalue weighted by atomic mass is 19.1. The minimum atomic E-state index is -0.451. The van der Waals surface area contributed by atoms with Gasteiger partial charge in [0.2, 0.25) is 0 Å². The van der Waals surface area contributed by atoms with Crippen molar-refractivity contribution >= 4 is 5.78 Å². The van der Waals surface area contributed by atoms with Gasteiger partial charge in [0.05, 0.1) is 24.7 Å². The van der Waals surface area contributed by atoms with Crippen molar-refractivity contribution < 1.29 is 13.9 Å². The quantitative estimate of drug-likeness (QED) is 0.831. The van der Waals surface area contributed by atoms with E-state index in [9.17, 15) is 9.18 Å². The Balaban J connectivity index is 2.22. The largest absolute Gasteiger partial charge is 0.379 e. The summed E-state index contributed by atoms with van der Waals surface area (Å²) < 4.78 is 19.0. The van der Waals surface area contributed by atoms with Gasteiger partial charge < -0.3 is 10.1 Å². The number of benzene rings is 1. The van der Waals surface area contributed by atoms with Gasteiger partial charge in [0.25, 0.3) is 0 Å². The summed E-state index contributed by atoms with van der Waals surface area (Å²) in [6.07, 6.45) is 0. The molecule has 1 N–H and O–H groups in total. The van der Waals surface area contributed by atoms with Gasteiger partial charge in [0, 0.05) is 6.04 Å². The topological polar surface area (TPSA) is 38.3 Å². The van der Waals surface area contributed by atoms with Crippen LogP contribution in [-0.4, -0.2) is 31.6 Å². The van der Waals surface area contributed by atoms with Gasteiger partial charge >= 0.3 is 0 Å². The number of ketones is 1. The summed E-state index contributed by atoms with van der Waals surface area (Å²) in [6, 6.07) is 4.61. The van der Waals surface area contributed by atoms with Crippen LogP contribution in [0.1, 0.15) is 22.8 Å². The molecule has 1 aromatic rings. The Hall–Kier alpha value is -1.26. The second-order valence-electron chi connectivity index (χ2n) is 4.66. The molecule has 0 bridgehead atoms. The lowest BCUT2D eigenvalue weighted by Crippen LogP contribution is -2.39. The number of halogens is 1. The molecule has 0 aromatic heterocycles. The number of ether oxygens (including phenoxy) is 1. The van der Waals surface area contributed by atoms with Crippen molar-refractivity contribution in [2.75, 3.05) is 19.8 Å². The number of Topliss-reactive ketones (excluding diaryl/α,β-unsaturated/α-hetero) is 1. The average molecular weight is 251 g/mol. The minimum absolute atomic E-state index is 0.0117. The van der Waals surface area contributed by atoms with Gasteiger partial charge in [0.1, 0.15) is 5.82 Å². The highest BCUT2D eigenvalue weighted by molar-refractivity contribution is 5.99. The van der Waals surface area contributed by atoms with Crippen LogP contribution in [0.5, 0.6) is 0 Å². The van der Waals surface area contributed by atoms with Crippen LogP contribution in [0.15, 0.2) is 18.2 Å². The molecule has 1 aromatic carbocycles. The van der Waals surface area contributed by atoms with Crippen molar-refractivity contribution in [2.45, 2.75) is 19.9 Å². The maximum Gasteiger partial charge on any atom is 0.172 e. The van der Waals surface area contributed by atoms with E-state index in [1.54, 1.807) is 12.1 Å². The molecule has 0 radical (unpaired) electrons. The fourth-order valence-electron chi connectivity index (χ4n) is 2.30. The van der Waals surface area contributed by atoms with E-state index in [0.717, 1.165) is 12.1 Å². The zero-order valence-corrected chi connectivity index (χ0v) is 10.7. The summed E-state index contributed by atoms with van der Waals surface area (Å²) in [7, 11) is 0. The second kappa shape index (κ2) is 5.59. The number of likely N-dealkylation sites (N-methyl/N-ethyl adjacent to an activating group) is 1. The van der Waals surface area contributed by atoms with Crippen molar-refractivity contribution in [3.05, 3.63) is 35.1 Å². The molecule has 0 amide bonds. The van der Waals surface area contributed by atoms with E-state index in [2.05, 4.69) is 5.32 Å². The monoisotopic (exact) mass is 251 g/mol. The van der Waals surface area contributed by atoms with Gasteiger partial charge in [-0.25, -0.2) is 4.39 Å². The summed E-state index contributed by atoms with van der Waals surface area (Å²) in [5.41, 5.74) is 1.06. The average Bonchev–Trinajstić information content (AvgIpc) is 2.80. The lowest BCUT2D eigenvalue weighted by Gasteiger charge is -2.17. The van der Waals surface area contributed by atoms with Crippen molar-refractivity contribution in [3.8, 4) is 0 Å². The molecule has 0 spiro atoms. The molecular weight excluding hydrogens is 233 g/mol. The van der Waals surface area contributed by atoms with Gasteiger partial charge in [0.15, 0.2) is 5.78 Å². The molecule has 1 aliphatic rings. The first-order chi connectivity index (χ1) is 8.63. The van der Waals surface area contributed by atoms with E-state index in [1.165, 1.54) is 6.07 Å². The maximum absolute atomic E-state index is 13.7. The van der Waals surface area contributed by atoms with Gasteiger partial charge in [-0.3, -0.25) is 4.79 Å². The molecule has 0 saturated carbocycles. The Labute approximate surface area is 106 Å². The van der Waals surface area contributed by atoms with E-state index in [0.29, 0.717) is 13.2 Å². The predicted octanol–water partition coefficient (Wildman–Crippen LogP) is 1.94. The van der Waals surface area contributed by atoms with Crippen molar-refractivity contribution in [2.24, 2.45) is 5.92 Å². The Morgan fingerprint density at radius 1 is 1.50 bits per heavy atom. The third-order valence-corrected chi connectivity index (χ3v) is 3.27. The van der Waals surface area contributed by atoms with Crippen molar-refractivity contribution in [1.29, 1.82) is 0 Å². The van der Waals surface area contributed by atoms with E-state index in [4.69, 9.17) is 4.74 Å². The van der Waals surface area contributed by atoms with E-state index in [-0.39, 0.29) is 23.3 Å². The molecule has 4 heteroatoms. The Morgan fingerprint density at radius 2 is 2.28 bits per heavy atom. The molecule has 2 unspecified atom stereocenters. The van der Waals surface area contributed by atoms with Crippen LogP contribution >= 0.6 is 0 Å². The molecule has 1 heterocycles. The normalized spacial score (nSPS) is 23.3. The molecule has 2 atom stereocenters. The number of rotatable bonds is 4. The lowest BCUT2D eigenvalue weighted by molar-refractivity contribution is 0.0887. The summed E-state index contributed by atoms with van der Waals surface area (Å²) in [5, 5.41) is 3.21. The molecule has 98 valence electrons. The number of nitrogens with one attached hydrogen (secondary N) is 1. The van der Waals surface area contributed by atoms with Crippen LogP contribution in [0.2, 0.25) is 0 Å². The molecule has 0 aliphatic carbocycles. The van der Waals surface area contributed by atoms with Crippen molar-refractivity contribution in [1.82, 2.24) is 5.32 Å². The first-order valence-electron chi connectivity index (χ1n) is 6.25. The molecule has 18 heavy (non-hydrogen) atoms. The van der Waals surface area contributed by atoms with Gasteiger partial charge in [-0.05, 0) is 25.6 Å². The van der Waals surface area contributed by atoms with Crippen LogP contribution in [0.4, 0.5) is 4.39 Å². The fraction of sp³-hybridized carbons (Fsp3) is 0.500. The SMILES string of the molecule is CCNC1COCC1C(=O)c1cc(C)ccc1F. The third kappa shape index (κ3) is 2.60. The number of carbonyl (C=O) groups excluding carboxylic acids is 1. The number of hydrogen-bond donors (Lipinski definition) is 1. The smallest absolute Gasteiger partial charge is 0.172 e. The minimum Gasteiger partial charge on any atom is -0.379 e. The van der Waals surface area contributed by atoms with E-state index < -0.39 is 5.82 Å². The van der Waals surface area contributed by atoms with Crippen LogP contribution in [0.25, 0.3) is 0 Å². The highest BCUT2D eigenvalue weighted by Crippen LogP contribution is 2.21. The van der Waals surface area contributed by atoms with E-state index in [1.807, 2.05) is 13.8 Å². The second-order valence-corrected chi connectivity index (χ2v) is 4.66. The number of aryl methyl sites for hydroxylation is 1. The Kier molecular flexibility index (Phi) is 4.09. The zero-order valence-electron chi connectivity index (χ0n) is 10.7. The van der Waals surface area contributed by atoms with Crippen LogP contribution < -0.4 is 5.32 Å². The zero-order chi connectivity index (χ0) is 13.1. The van der Waals surface area contributed by atoms with Crippen LogP contribution in [0, 0.1) is 18.7 Å². The summed E-state index contributed by atoms with van der Waals surface area (Å²) in [5.74, 6) is -0.909. The van der Waals surface area contributed by atoms with Gasteiger partial charge in [-0.1, -0.05) is 18.6 Å². The molecule has 2 rings (SSSR count). The molecule has 3 nitrogen and oxygen atoms in total. The fourth-order valence-corrected chi connectivity index (χ4v) is 2.30. The molecule has 1 saturated heterocycles. The lowest BCUT2D eigenvalue weighted by atomic mass is 9.92. The first kappa shape index (κ1) is 13.2. The van der Waals surface area contributed by atoms with Crippen LogP contribution in [-0.2, 0) is 4.74 Å². The molecular formula is C14H18FNO2. The van der Waals surface area contributed by atoms with Crippen molar-refractivity contribution in [3.63, 3.8) is 0 Å². The number of hydrogen-bond acceptors (Lipinski definition) is 3.